The fourth-order valence-electron chi connectivity index (χ4n) is 1.43. The topological polar surface area (TPSA) is 57.6 Å². The molecular formula is C10H11F3N3OS+. The molecule has 18 heavy (non-hydrogen) atoms. The van der Waals surface area contributed by atoms with E-state index in [4.69, 9.17) is 5.26 Å². The molecule has 1 heterocycles. The van der Waals surface area contributed by atoms with Crippen LogP contribution in [0, 0.1) is 23.4 Å². The Hall–Kier alpha value is -1.54. The highest BCUT2D eigenvalue weighted by atomic mass is 32.2. The summed E-state index contributed by atoms with van der Waals surface area (Å²) in [5.74, 6) is -0.536. The van der Waals surface area contributed by atoms with Gasteiger partial charge in [-0.25, -0.2) is 4.21 Å². The van der Waals surface area contributed by atoms with Crippen molar-refractivity contribution in [1.82, 2.24) is 0 Å². The second-order valence-corrected chi connectivity index (χ2v) is 6.58. The van der Waals surface area contributed by atoms with Crippen molar-refractivity contribution in [2.24, 2.45) is 10.3 Å². The molecule has 1 rings (SSSR count). The number of allylic oxidation sites excluding steroid dienone is 2. The molecule has 0 aromatic heterocycles. The first kappa shape index (κ1) is 14.5. The van der Waals surface area contributed by atoms with Crippen LogP contribution >= 0.6 is 0 Å². The van der Waals surface area contributed by atoms with Gasteiger partial charge in [-0.15, -0.1) is 4.36 Å². The first-order valence-corrected chi connectivity index (χ1v) is 7.00. The van der Waals surface area contributed by atoms with Gasteiger partial charge in [0.15, 0.2) is 0 Å². The van der Waals surface area contributed by atoms with Crippen molar-refractivity contribution in [3.05, 3.63) is 16.6 Å². The molecule has 0 aromatic rings. The van der Waals surface area contributed by atoms with Crippen molar-refractivity contribution in [3.63, 3.8) is 0 Å². The van der Waals surface area contributed by atoms with E-state index in [-0.39, 0.29) is 6.42 Å². The van der Waals surface area contributed by atoms with Crippen LogP contribution in [-0.4, -0.2) is 21.9 Å². The molecule has 0 fully saturated rings. The molecule has 3 atom stereocenters. The quantitative estimate of drug-likeness (QED) is 0.729. The average Bonchev–Trinajstić information content (AvgIpc) is 2.27. The van der Waals surface area contributed by atoms with Crippen molar-refractivity contribution in [3.8, 4) is 12.3 Å². The Morgan fingerprint density at radius 1 is 1.72 bits per heavy atom. The molecule has 0 aromatic carbocycles. The van der Waals surface area contributed by atoms with Gasteiger partial charge in [0.05, 0.1) is 15.0 Å². The highest BCUT2D eigenvalue weighted by Crippen LogP contribution is 2.31. The van der Waals surface area contributed by atoms with E-state index in [1.54, 1.807) is 6.92 Å². The maximum Gasteiger partial charge on any atom is 0.496 e. The lowest BCUT2D eigenvalue weighted by atomic mass is 10.0. The normalized spacial score (nSPS) is 23.8. The van der Waals surface area contributed by atoms with E-state index in [1.165, 1.54) is 12.4 Å². The lowest BCUT2D eigenvalue weighted by Gasteiger charge is -2.15. The molecule has 98 valence electrons. The maximum absolute atomic E-state index is 12.3. The maximum atomic E-state index is 12.3. The summed E-state index contributed by atoms with van der Waals surface area (Å²) in [4.78, 5) is 3.21. The van der Waals surface area contributed by atoms with Crippen LogP contribution in [-0.2, 0) is 9.73 Å². The highest BCUT2D eigenvalue weighted by Gasteiger charge is 2.46. The van der Waals surface area contributed by atoms with Gasteiger partial charge >= 0.3 is 11.9 Å². The Bertz CT molecular complexity index is 582. The minimum absolute atomic E-state index is 0.0330. The molecule has 0 spiro atoms. The molecule has 8 heteroatoms. The van der Waals surface area contributed by atoms with Crippen LogP contribution in [0.15, 0.2) is 16.1 Å². The number of nitriles is 1. The smallest absolute Gasteiger partial charge is 0.249 e. The van der Waals surface area contributed by atoms with Crippen molar-refractivity contribution < 1.29 is 17.4 Å². The molecule has 0 aliphatic carbocycles. The van der Waals surface area contributed by atoms with Gasteiger partial charge in [-0.2, -0.15) is 18.4 Å². The summed E-state index contributed by atoms with van der Waals surface area (Å²) in [6.07, 6.45) is -0.763. The molecule has 0 saturated heterocycles. The van der Waals surface area contributed by atoms with Gasteiger partial charge in [-0.3, -0.25) is 0 Å². The fraction of sp³-hybridized carbons (Fsp3) is 0.600. The Morgan fingerprint density at radius 3 is 2.72 bits per heavy atom. The second-order valence-electron chi connectivity index (χ2n) is 3.93. The van der Waals surface area contributed by atoms with Gasteiger partial charge in [-0.1, -0.05) is 0 Å². The number of nitrogens with zero attached hydrogens (tertiary/aromatic N) is 3. The number of hydrogen-bond acceptors (Lipinski definition) is 3. The van der Waals surface area contributed by atoms with E-state index in [9.17, 15) is 17.4 Å². The van der Waals surface area contributed by atoms with Crippen LogP contribution in [0.5, 0.6) is 0 Å². The van der Waals surface area contributed by atoms with Gasteiger partial charge < -0.3 is 0 Å². The van der Waals surface area contributed by atoms with Crippen LogP contribution in [0.25, 0.3) is 4.85 Å². The van der Waals surface area contributed by atoms with Gasteiger partial charge in [0.25, 0.3) is 6.07 Å². The molecule has 1 aliphatic heterocycles. The number of hydrogen-bond donors (Lipinski definition) is 0. The van der Waals surface area contributed by atoms with E-state index >= 15 is 0 Å². The third-order valence-corrected chi connectivity index (χ3v) is 4.84. The minimum atomic E-state index is -4.49. The molecule has 0 amide bonds. The summed E-state index contributed by atoms with van der Waals surface area (Å²) in [6, 6.07) is 2.33. The van der Waals surface area contributed by atoms with E-state index in [2.05, 4.69) is 15.3 Å². The summed E-state index contributed by atoms with van der Waals surface area (Å²) in [5, 5.41) is 7.81. The predicted molar refractivity (Wildman–Crippen MR) is 61.1 cm³/mol. The first-order chi connectivity index (χ1) is 8.18. The Morgan fingerprint density at radius 2 is 2.33 bits per heavy atom. The third kappa shape index (κ3) is 3.23. The largest absolute Gasteiger partial charge is 0.496 e. The van der Waals surface area contributed by atoms with Crippen LogP contribution in [0.4, 0.5) is 13.2 Å². The van der Waals surface area contributed by atoms with E-state index in [1.807, 2.05) is 0 Å². The monoisotopic (exact) mass is 278 g/mol. The zero-order valence-electron chi connectivity index (χ0n) is 9.73. The zero-order chi connectivity index (χ0) is 14.0. The van der Waals surface area contributed by atoms with Crippen molar-refractivity contribution in [2.45, 2.75) is 24.8 Å². The zero-order valence-corrected chi connectivity index (χ0v) is 10.5. The molecule has 2 unspecified atom stereocenters. The van der Waals surface area contributed by atoms with Crippen LogP contribution in [0.1, 0.15) is 13.3 Å². The van der Waals surface area contributed by atoms with Crippen molar-refractivity contribution >= 4 is 9.73 Å². The average molecular weight is 278 g/mol. The Kier molecular flexibility index (Phi) is 4.02. The van der Waals surface area contributed by atoms with E-state index < -0.39 is 32.8 Å². The fourth-order valence-corrected chi connectivity index (χ4v) is 2.54. The summed E-state index contributed by atoms with van der Waals surface area (Å²) >= 11 is 0. The summed E-state index contributed by atoms with van der Waals surface area (Å²) in [5.41, 5.74) is -0.995. The summed E-state index contributed by atoms with van der Waals surface area (Å²) < 4.78 is 52.2. The molecule has 1 aliphatic rings. The minimum Gasteiger partial charge on any atom is -0.249 e. The Balaban J connectivity index is 2.93. The predicted octanol–water partition coefficient (Wildman–Crippen LogP) is 2.75. The van der Waals surface area contributed by atoms with Gasteiger partial charge in [0.1, 0.15) is 5.92 Å². The van der Waals surface area contributed by atoms with Crippen LogP contribution in [0.3, 0.4) is 0 Å². The van der Waals surface area contributed by atoms with Crippen molar-refractivity contribution in [2.75, 3.05) is 6.26 Å². The molecule has 0 saturated carbocycles. The van der Waals surface area contributed by atoms with Crippen LogP contribution < -0.4 is 0 Å². The standard InChI is InChI=1S/C10H11F3N3OS/c1-7(18(2,17)16-6-14)8-3-4-9(15-5-8)10(11,12)13/h4,7-8H,3H2,1-2H3/q+1/t7-,8?,18?/m0/s1. The SMILES string of the molecule is C[C@@H](C1C#[N+]C(C(F)(F)F)=CC1)S(C)(=O)=NC#N. The number of rotatable bonds is 2. The van der Waals surface area contributed by atoms with Gasteiger partial charge in [0.2, 0.25) is 6.19 Å². The molecule has 0 radical (unpaired) electrons. The number of halogens is 3. The highest BCUT2D eigenvalue weighted by molar-refractivity contribution is 7.93. The second kappa shape index (κ2) is 4.99. The van der Waals surface area contributed by atoms with Gasteiger partial charge in [-0.05, 0) is 18.2 Å². The van der Waals surface area contributed by atoms with Crippen molar-refractivity contribution in [1.29, 1.82) is 5.26 Å². The third-order valence-electron chi connectivity index (χ3n) is 2.68. The molecular weight excluding hydrogens is 267 g/mol. The number of alkyl halides is 3. The molecule has 0 N–H and O–H groups in total. The first-order valence-electron chi connectivity index (χ1n) is 5.01. The van der Waals surface area contributed by atoms with E-state index in [0.717, 1.165) is 6.08 Å². The summed E-state index contributed by atoms with van der Waals surface area (Å²) in [6.45, 7) is 1.56. The van der Waals surface area contributed by atoms with Gasteiger partial charge in [0, 0.05) is 12.3 Å². The molecule has 0 bridgehead atoms. The molecule has 4 nitrogen and oxygen atoms in total. The van der Waals surface area contributed by atoms with Crippen LogP contribution in [0.2, 0.25) is 0 Å². The summed E-state index contributed by atoms with van der Waals surface area (Å²) in [7, 11) is -2.78. The van der Waals surface area contributed by atoms with E-state index in [0.29, 0.717) is 0 Å². The lowest BCUT2D eigenvalue weighted by molar-refractivity contribution is -0.0889. The Labute approximate surface area is 103 Å². The lowest BCUT2D eigenvalue weighted by Crippen LogP contribution is -2.26.